The number of aliphatic hydroxyl groups excluding tert-OH is 6. The van der Waals surface area contributed by atoms with Crippen molar-refractivity contribution in [1.29, 1.82) is 0 Å². The van der Waals surface area contributed by atoms with Gasteiger partial charge in [-0.05, 0) is 62.2 Å². The molecule has 11 nitrogen and oxygen atoms in total. The Labute approximate surface area is 277 Å². The van der Waals surface area contributed by atoms with Crippen LogP contribution in [0.3, 0.4) is 0 Å². The van der Waals surface area contributed by atoms with Crippen molar-refractivity contribution in [3.05, 3.63) is 23.8 Å². The molecule has 0 aromatic carbocycles. The standard InChI is InChI=1S/C36H56O11/c1-17(2)9-12-24(40)36(8,45)29-21(39)14-33(5)23-11-10-18-19(35(23,7)25(41)15-34(29,33)6)13-20(38)30(32(18,3)4)47-31-28(44)27(43)26(42)22(16-37)46-31/h10,19-23,26-31,37-39,42-45H,1,9,11-16H2,2-8H3/t19?,20-,21+,22+,23?,26+,27-,28+,29?,30+,31-,33-,34+,35-,36-/m1/s1. The van der Waals surface area contributed by atoms with E-state index in [1.165, 1.54) is 6.92 Å². The first kappa shape index (κ1) is 36.7. The molecule has 266 valence electrons. The van der Waals surface area contributed by atoms with Gasteiger partial charge in [-0.25, -0.2) is 0 Å². The van der Waals surface area contributed by atoms with Gasteiger partial charge in [-0.15, -0.1) is 6.58 Å². The molecule has 1 aliphatic heterocycles. The van der Waals surface area contributed by atoms with Gasteiger partial charge in [0.2, 0.25) is 0 Å². The Balaban J connectivity index is 1.47. The fourth-order valence-electron chi connectivity index (χ4n) is 10.9. The number of Topliss-reactive ketones (excluding diaryl/α,β-unsaturated/α-hetero) is 2. The van der Waals surface area contributed by atoms with E-state index in [-0.39, 0.29) is 42.7 Å². The summed E-state index contributed by atoms with van der Waals surface area (Å²) in [5.41, 5.74) is -3.37. The van der Waals surface area contributed by atoms with E-state index in [1.54, 1.807) is 0 Å². The minimum atomic E-state index is -1.84. The highest BCUT2D eigenvalue weighted by Crippen LogP contribution is 2.74. The number of aliphatic hydroxyl groups is 7. The van der Waals surface area contributed by atoms with Crippen LogP contribution in [-0.4, -0.2) is 109 Å². The summed E-state index contributed by atoms with van der Waals surface area (Å²) in [6.07, 6.45) is -6.71. The number of rotatable bonds is 8. The molecular weight excluding hydrogens is 608 g/mol. The zero-order chi connectivity index (χ0) is 35.2. The van der Waals surface area contributed by atoms with Crippen LogP contribution in [0.15, 0.2) is 23.8 Å². The van der Waals surface area contributed by atoms with Gasteiger partial charge in [0.25, 0.3) is 0 Å². The lowest BCUT2D eigenvalue weighted by Crippen LogP contribution is -2.66. The smallest absolute Gasteiger partial charge is 0.187 e. The average Bonchev–Trinajstić information content (AvgIpc) is 3.18. The van der Waals surface area contributed by atoms with Crippen LogP contribution in [0.2, 0.25) is 0 Å². The van der Waals surface area contributed by atoms with Gasteiger partial charge in [0, 0.05) is 29.6 Å². The summed E-state index contributed by atoms with van der Waals surface area (Å²) in [5, 5.41) is 75.9. The van der Waals surface area contributed by atoms with Crippen molar-refractivity contribution >= 4 is 11.6 Å². The first-order valence-electron chi connectivity index (χ1n) is 17.1. The number of hydrogen-bond acceptors (Lipinski definition) is 11. The number of hydrogen-bond donors (Lipinski definition) is 7. The maximum absolute atomic E-state index is 14.6. The van der Waals surface area contributed by atoms with E-state index in [0.29, 0.717) is 19.3 Å². The molecule has 0 spiro atoms. The largest absolute Gasteiger partial charge is 0.394 e. The van der Waals surface area contributed by atoms with Crippen LogP contribution in [0.4, 0.5) is 0 Å². The minimum absolute atomic E-state index is 0.0290. The summed E-state index contributed by atoms with van der Waals surface area (Å²) in [4.78, 5) is 28.0. The molecular formula is C36H56O11. The molecule has 5 aliphatic rings. The first-order valence-corrected chi connectivity index (χ1v) is 17.1. The maximum Gasteiger partial charge on any atom is 0.187 e. The van der Waals surface area contributed by atoms with E-state index in [0.717, 1.165) is 11.1 Å². The topological polar surface area (TPSA) is 194 Å². The van der Waals surface area contributed by atoms with E-state index in [9.17, 15) is 45.3 Å². The molecule has 4 aliphatic carbocycles. The zero-order valence-electron chi connectivity index (χ0n) is 28.8. The molecule has 7 N–H and O–H groups in total. The second kappa shape index (κ2) is 12.1. The lowest BCUT2D eigenvalue weighted by molar-refractivity contribution is -0.327. The lowest BCUT2D eigenvalue weighted by atomic mass is 9.38. The third-order valence-electron chi connectivity index (χ3n) is 13.7. The van der Waals surface area contributed by atoms with Gasteiger partial charge in [-0.3, -0.25) is 9.59 Å². The first-order chi connectivity index (χ1) is 21.6. The van der Waals surface area contributed by atoms with Crippen molar-refractivity contribution in [2.75, 3.05) is 6.61 Å². The lowest BCUT2D eigenvalue weighted by Gasteiger charge is -2.65. The third-order valence-corrected chi connectivity index (χ3v) is 13.7. The Morgan fingerprint density at radius 2 is 1.66 bits per heavy atom. The molecule has 3 saturated carbocycles. The summed E-state index contributed by atoms with van der Waals surface area (Å²) < 4.78 is 11.8. The molecule has 0 amide bonds. The van der Waals surface area contributed by atoms with Crippen LogP contribution in [0, 0.1) is 39.4 Å². The predicted octanol–water partition coefficient (Wildman–Crippen LogP) is 1.57. The van der Waals surface area contributed by atoms with Crippen LogP contribution in [-0.2, 0) is 19.1 Å². The summed E-state index contributed by atoms with van der Waals surface area (Å²) in [6.45, 7) is 16.3. The van der Waals surface area contributed by atoms with Crippen LogP contribution >= 0.6 is 0 Å². The second-order valence-corrected chi connectivity index (χ2v) is 16.8. The van der Waals surface area contributed by atoms with Gasteiger partial charge >= 0.3 is 0 Å². The van der Waals surface area contributed by atoms with Crippen molar-refractivity contribution < 1.29 is 54.8 Å². The highest BCUT2D eigenvalue weighted by molar-refractivity contribution is 5.90. The highest BCUT2D eigenvalue weighted by Gasteiger charge is 2.74. The van der Waals surface area contributed by atoms with Crippen LogP contribution in [0.25, 0.3) is 0 Å². The maximum atomic E-state index is 14.6. The van der Waals surface area contributed by atoms with Gasteiger partial charge in [0.05, 0.1) is 24.9 Å². The van der Waals surface area contributed by atoms with Gasteiger partial charge in [0.15, 0.2) is 12.1 Å². The third kappa shape index (κ3) is 5.26. The fourth-order valence-corrected chi connectivity index (χ4v) is 10.9. The van der Waals surface area contributed by atoms with Crippen LogP contribution < -0.4 is 0 Å². The van der Waals surface area contributed by atoms with E-state index < -0.39 is 88.8 Å². The van der Waals surface area contributed by atoms with Gasteiger partial charge in [0.1, 0.15) is 35.8 Å². The molecule has 0 bridgehead atoms. The number of carbonyl (C=O) groups is 2. The Bertz CT molecular complexity index is 1310. The molecule has 47 heavy (non-hydrogen) atoms. The van der Waals surface area contributed by atoms with Crippen molar-refractivity contribution in [1.82, 2.24) is 0 Å². The van der Waals surface area contributed by atoms with E-state index in [1.807, 2.05) is 34.6 Å². The molecule has 1 saturated heterocycles. The van der Waals surface area contributed by atoms with Crippen molar-refractivity contribution in [2.24, 2.45) is 39.4 Å². The monoisotopic (exact) mass is 664 g/mol. The quantitative estimate of drug-likeness (QED) is 0.186. The highest BCUT2D eigenvalue weighted by atomic mass is 16.7. The molecule has 0 aromatic rings. The van der Waals surface area contributed by atoms with Crippen molar-refractivity contribution in [3.8, 4) is 0 Å². The molecule has 3 unspecified atom stereocenters. The Hall–Kier alpha value is -1.54. The number of fused-ring (bicyclic) bond motifs is 5. The molecule has 0 radical (unpaired) electrons. The average molecular weight is 665 g/mol. The van der Waals surface area contributed by atoms with Gasteiger partial charge in [-0.1, -0.05) is 51.8 Å². The normalized spacial score (nSPS) is 48.9. The zero-order valence-corrected chi connectivity index (χ0v) is 28.8. The van der Waals surface area contributed by atoms with E-state index in [2.05, 4.69) is 19.6 Å². The summed E-state index contributed by atoms with van der Waals surface area (Å²) in [7, 11) is 0. The molecule has 15 atom stereocenters. The SMILES string of the molecule is C=C(C)CCC(=O)[C@@](C)(O)C1[C@@H](O)C[C@]2(C)C3CC=C4C(C[C@@H](O)[C@H](O[C@H]5O[C@@H](CO)[C@H](O)[C@@H](O)[C@@H]5O)C4(C)C)[C@@]3(C)C(=O)C[C@@]12C. The molecule has 1 heterocycles. The van der Waals surface area contributed by atoms with E-state index in [4.69, 9.17) is 9.47 Å². The van der Waals surface area contributed by atoms with Gasteiger partial charge in [-0.2, -0.15) is 0 Å². The molecule has 0 aromatic heterocycles. The second-order valence-electron chi connectivity index (χ2n) is 16.8. The predicted molar refractivity (Wildman–Crippen MR) is 170 cm³/mol. The summed E-state index contributed by atoms with van der Waals surface area (Å²) >= 11 is 0. The molecule has 4 fully saturated rings. The molecule has 5 rings (SSSR count). The Kier molecular flexibility index (Phi) is 9.42. The molecule has 11 heteroatoms. The number of carbonyl (C=O) groups excluding carboxylic acids is 2. The van der Waals surface area contributed by atoms with Gasteiger partial charge < -0.3 is 45.2 Å². The van der Waals surface area contributed by atoms with Crippen LogP contribution in [0.5, 0.6) is 0 Å². The number of ether oxygens (including phenoxy) is 2. The number of allylic oxidation sites excluding steroid dienone is 2. The Morgan fingerprint density at radius 1 is 1.02 bits per heavy atom. The summed E-state index contributed by atoms with van der Waals surface area (Å²) in [6, 6.07) is 0. The minimum Gasteiger partial charge on any atom is -0.394 e. The number of ketones is 2. The Morgan fingerprint density at radius 3 is 2.26 bits per heavy atom. The summed E-state index contributed by atoms with van der Waals surface area (Å²) in [5.74, 6) is -1.87. The van der Waals surface area contributed by atoms with E-state index >= 15 is 0 Å². The van der Waals surface area contributed by atoms with Crippen molar-refractivity contribution in [3.63, 3.8) is 0 Å². The fraction of sp³-hybridized carbons (Fsp3) is 0.833. The van der Waals surface area contributed by atoms with Crippen LogP contribution in [0.1, 0.15) is 87.0 Å². The van der Waals surface area contributed by atoms with Crippen molar-refractivity contribution in [2.45, 2.75) is 142 Å².